The molecule has 0 unspecified atom stereocenters. The van der Waals surface area contributed by atoms with Gasteiger partial charge in [-0.25, -0.2) is 0 Å². The highest BCUT2D eigenvalue weighted by molar-refractivity contribution is 5.85. The molecule has 4 heteroatoms. The number of nitrogens with two attached hydrogens (primary N) is 1. The summed E-state index contributed by atoms with van der Waals surface area (Å²) < 4.78 is 0. The van der Waals surface area contributed by atoms with Crippen LogP contribution in [0.3, 0.4) is 0 Å². The second-order valence-corrected chi connectivity index (χ2v) is 5.85. The number of carbonyl (C=O) groups excluding carboxylic acids is 1. The summed E-state index contributed by atoms with van der Waals surface area (Å²) >= 11 is 0. The minimum absolute atomic E-state index is 0. The third-order valence-electron chi connectivity index (χ3n) is 3.58. The van der Waals surface area contributed by atoms with Gasteiger partial charge in [0.05, 0.1) is 0 Å². The quantitative estimate of drug-likeness (QED) is 0.924. The maximum absolute atomic E-state index is 12.5. The highest BCUT2D eigenvalue weighted by atomic mass is 35.5. The maximum atomic E-state index is 12.5. The zero-order valence-electron chi connectivity index (χ0n) is 11.6. The van der Waals surface area contributed by atoms with E-state index in [1.54, 1.807) is 0 Å². The molecule has 1 fully saturated rings. The first-order chi connectivity index (χ1) is 8.49. The van der Waals surface area contributed by atoms with Gasteiger partial charge >= 0.3 is 0 Å². The van der Waals surface area contributed by atoms with Crippen LogP contribution in [-0.4, -0.2) is 29.9 Å². The summed E-state index contributed by atoms with van der Waals surface area (Å²) in [5, 5.41) is 0. The Bertz CT molecular complexity index is 419. The second-order valence-electron chi connectivity index (χ2n) is 5.85. The molecule has 1 aromatic carbocycles. The van der Waals surface area contributed by atoms with Crippen LogP contribution in [0.4, 0.5) is 0 Å². The molecule has 0 bridgehead atoms. The van der Waals surface area contributed by atoms with Crippen molar-refractivity contribution in [3.63, 3.8) is 0 Å². The lowest BCUT2D eigenvalue weighted by atomic mass is 9.84. The molecule has 1 aliphatic heterocycles. The van der Waals surface area contributed by atoms with E-state index in [1.165, 1.54) is 5.56 Å². The van der Waals surface area contributed by atoms with E-state index in [-0.39, 0.29) is 29.8 Å². The smallest absolute Gasteiger partial charge is 0.228 e. The van der Waals surface area contributed by atoms with E-state index in [9.17, 15) is 4.79 Å². The van der Waals surface area contributed by atoms with E-state index >= 15 is 0 Å². The summed E-state index contributed by atoms with van der Waals surface area (Å²) in [6, 6.07) is 10.3. The zero-order chi connectivity index (χ0) is 13.2. The Morgan fingerprint density at radius 1 is 1.37 bits per heavy atom. The van der Waals surface area contributed by atoms with Crippen molar-refractivity contribution in [1.29, 1.82) is 0 Å². The maximum Gasteiger partial charge on any atom is 0.228 e. The minimum Gasteiger partial charge on any atom is -0.341 e. The van der Waals surface area contributed by atoms with Crippen LogP contribution in [0.1, 0.15) is 25.8 Å². The Hall–Kier alpha value is -1.06. The first-order valence-electron chi connectivity index (χ1n) is 6.58. The fourth-order valence-electron chi connectivity index (χ4n) is 2.58. The molecule has 0 saturated carbocycles. The fourth-order valence-corrected chi connectivity index (χ4v) is 2.58. The average Bonchev–Trinajstić information content (AvgIpc) is 2.75. The van der Waals surface area contributed by atoms with E-state index in [0.717, 1.165) is 19.4 Å². The van der Waals surface area contributed by atoms with Crippen molar-refractivity contribution in [3.05, 3.63) is 35.9 Å². The molecule has 1 saturated heterocycles. The SMILES string of the molecule is CC(C)(Cc1ccccc1)C(=O)N1CC[C@@H](N)C1.Cl. The normalized spacial score (nSPS) is 19.1. The first-order valence-corrected chi connectivity index (χ1v) is 6.58. The standard InChI is InChI=1S/C15H22N2O.ClH/c1-15(2,10-12-6-4-3-5-7-12)14(18)17-9-8-13(16)11-17;/h3-7,13H,8-11,16H2,1-2H3;1H/t13-;/m1./s1. The molecule has 2 N–H and O–H groups in total. The molecule has 0 radical (unpaired) electrons. The van der Waals surface area contributed by atoms with Crippen LogP contribution < -0.4 is 5.73 Å². The van der Waals surface area contributed by atoms with Crippen molar-refractivity contribution in [3.8, 4) is 0 Å². The van der Waals surface area contributed by atoms with E-state index in [0.29, 0.717) is 6.54 Å². The van der Waals surface area contributed by atoms with E-state index in [2.05, 4.69) is 12.1 Å². The highest BCUT2D eigenvalue weighted by Gasteiger charge is 2.34. The molecule has 0 aliphatic carbocycles. The number of hydrogen-bond acceptors (Lipinski definition) is 2. The van der Waals surface area contributed by atoms with Crippen LogP contribution >= 0.6 is 12.4 Å². The van der Waals surface area contributed by atoms with Crippen LogP contribution in [-0.2, 0) is 11.2 Å². The van der Waals surface area contributed by atoms with Gasteiger partial charge in [-0.2, -0.15) is 0 Å². The predicted octanol–water partition coefficient (Wildman–Crippen LogP) is 2.24. The molecule has 106 valence electrons. The van der Waals surface area contributed by atoms with Gasteiger partial charge in [0, 0.05) is 24.5 Å². The summed E-state index contributed by atoms with van der Waals surface area (Å²) in [6.07, 6.45) is 1.70. The van der Waals surface area contributed by atoms with Gasteiger partial charge in [-0.15, -0.1) is 12.4 Å². The summed E-state index contributed by atoms with van der Waals surface area (Å²) in [5.74, 6) is 0.222. The van der Waals surface area contributed by atoms with Crippen LogP contribution in [0.2, 0.25) is 0 Å². The van der Waals surface area contributed by atoms with Gasteiger partial charge in [-0.1, -0.05) is 44.2 Å². The van der Waals surface area contributed by atoms with Crippen LogP contribution in [0.5, 0.6) is 0 Å². The van der Waals surface area contributed by atoms with Gasteiger partial charge in [0.25, 0.3) is 0 Å². The highest BCUT2D eigenvalue weighted by Crippen LogP contribution is 2.26. The zero-order valence-corrected chi connectivity index (χ0v) is 12.5. The summed E-state index contributed by atoms with van der Waals surface area (Å²) in [7, 11) is 0. The lowest BCUT2D eigenvalue weighted by molar-refractivity contribution is -0.139. The molecule has 3 nitrogen and oxygen atoms in total. The average molecular weight is 283 g/mol. The number of amides is 1. The third-order valence-corrected chi connectivity index (χ3v) is 3.58. The van der Waals surface area contributed by atoms with Gasteiger partial charge in [-0.05, 0) is 18.4 Å². The molecule has 1 amide bonds. The number of hydrogen-bond donors (Lipinski definition) is 1. The largest absolute Gasteiger partial charge is 0.341 e. The Balaban J connectivity index is 0.00000180. The van der Waals surface area contributed by atoms with E-state index in [1.807, 2.05) is 36.9 Å². The Morgan fingerprint density at radius 2 is 2.00 bits per heavy atom. The van der Waals surface area contributed by atoms with Crippen molar-refractivity contribution in [2.24, 2.45) is 11.1 Å². The molecule has 2 rings (SSSR count). The van der Waals surface area contributed by atoms with Gasteiger partial charge in [0.15, 0.2) is 0 Å². The predicted molar refractivity (Wildman–Crippen MR) is 80.3 cm³/mol. The van der Waals surface area contributed by atoms with Crippen molar-refractivity contribution in [2.75, 3.05) is 13.1 Å². The summed E-state index contributed by atoms with van der Waals surface area (Å²) in [5.41, 5.74) is 6.72. The van der Waals surface area contributed by atoms with Gasteiger partial charge in [0.1, 0.15) is 0 Å². The lowest BCUT2D eigenvalue weighted by Gasteiger charge is -2.29. The third kappa shape index (κ3) is 3.95. The molecule has 0 spiro atoms. The van der Waals surface area contributed by atoms with Gasteiger partial charge in [0.2, 0.25) is 5.91 Å². The molecule has 1 aromatic rings. The van der Waals surface area contributed by atoms with E-state index < -0.39 is 0 Å². The van der Waals surface area contributed by atoms with Crippen LogP contribution in [0.25, 0.3) is 0 Å². The monoisotopic (exact) mass is 282 g/mol. The topological polar surface area (TPSA) is 46.3 Å². The van der Waals surface area contributed by atoms with Gasteiger partial charge in [-0.3, -0.25) is 4.79 Å². The molecule has 1 heterocycles. The number of rotatable bonds is 3. The first kappa shape index (κ1) is 16.0. The number of halogens is 1. The molecule has 1 aliphatic rings. The number of benzene rings is 1. The van der Waals surface area contributed by atoms with Crippen molar-refractivity contribution < 1.29 is 4.79 Å². The Labute approximate surface area is 121 Å². The molecule has 19 heavy (non-hydrogen) atoms. The summed E-state index contributed by atoms with van der Waals surface area (Å²) in [6.45, 7) is 5.55. The number of carbonyl (C=O) groups is 1. The second kappa shape index (κ2) is 6.40. The van der Waals surface area contributed by atoms with Crippen LogP contribution in [0, 0.1) is 5.41 Å². The fraction of sp³-hybridized carbons (Fsp3) is 0.533. The molecular formula is C15H23ClN2O. The number of nitrogens with zero attached hydrogens (tertiary/aromatic N) is 1. The lowest BCUT2D eigenvalue weighted by Crippen LogP contribution is -2.41. The Morgan fingerprint density at radius 3 is 2.53 bits per heavy atom. The van der Waals surface area contributed by atoms with E-state index in [4.69, 9.17) is 5.73 Å². The Kier molecular flexibility index (Phi) is 5.39. The summed E-state index contributed by atoms with van der Waals surface area (Å²) in [4.78, 5) is 14.4. The minimum atomic E-state index is -0.356. The molecule has 1 atom stereocenters. The van der Waals surface area contributed by atoms with Crippen LogP contribution in [0.15, 0.2) is 30.3 Å². The molecule has 0 aromatic heterocycles. The van der Waals surface area contributed by atoms with Crippen molar-refractivity contribution in [2.45, 2.75) is 32.7 Å². The molecular weight excluding hydrogens is 260 g/mol. The van der Waals surface area contributed by atoms with Crippen molar-refractivity contribution in [1.82, 2.24) is 4.90 Å². The van der Waals surface area contributed by atoms with Crippen molar-refractivity contribution >= 4 is 18.3 Å². The number of likely N-dealkylation sites (tertiary alicyclic amines) is 1. The van der Waals surface area contributed by atoms with Gasteiger partial charge < -0.3 is 10.6 Å².